The molecule has 1 aromatic heterocycles. The van der Waals surface area contributed by atoms with E-state index in [1.807, 2.05) is 23.1 Å². The van der Waals surface area contributed by atoms with E-state index >= 15 is 0 Å². The largest absolute Gasteiger partial charge is 0.340 e. The van der Waals surface area contributed by atoms with E-state index in [4.69, 9.17) is 0 Å². The highest BCUT2D eigenvalue weighted by Gasteiger charge is 2.58. The number of benzene rings is 2. The third-order valence-corrected chi connectivity index (χ3v) is 11.0. The topological polar surface area (TPSA) is 140 Å². The van der Waals surface area contributed by atoms with E-state index in [1.54, 1.807) is 30.3 Å². The summed E-state index contributed by atoms with van der Waals surface area (Å²) in [5, 5.41) is 3.69. The maximum atomic E-state index is 14.3. The quantitative estimate of drug-likeness (QED) is 0.341. The lowest BCUT2D eigenvalue weighted by Gasteiger charge is -2.37. The number of likely N-dealkylation sites (tertiary alicyclic amines) is 1. The molecular weight excluding hydrogens is 591 g/mol. The van der Waals surface area contributed by atoms with Crippen LogP contribution < -0.4 is 5.32 Å². The molecule has 3 saturated heterocycles. The van der Waals surface area contributed by atoms with Crippen molar-refractivity contribution >= 4 is 36.2 Å². The summed E-state index contributed by atoms with van der Waals surface area (Å²) in [4.78, 5) is 68.9. The van der Waals surface area contributed by atoms with Crippen molar-refractivity contribution in [2.45, 2.75) is 93.5 Å². The Morgan fingerprint density at radius 3 is 2.49 bits per heavy atom. The van der Waals surface area contributed by atoms with Gasteiger partial charge in [0.25, 0.3) is 5.91 Å². The second kappa shape index (κ2) is 11.6. The highest BCUT2D eigenvalue weighted by atomic mass is 31.2. The Bertz CT molecular complexity index is 1690. The zero-order chi connectivity index (χ0) is 31.3. The van der Waals surface area contributed by atoms with Crippen LogP contribution in [0.4, 0.5) is 0 Å². The Hall–Kier alpha value is -3.59. The molecule has 2 aromatic carbocycles. The lowest BCUT2D eigenvalue weighted by atomic mass is 9.96. The molecule has 4 atom stereocenters. The monoisotopic (exact) mass is 630 g/mol. The second-order valence-electron chi connectivity index (χ2n) is 13.3. The van der Waals surface area contributed by atoms with Gasteiger partial charge in [-0.25, -0.2) is 0 Å². The van der Waals surface area contributed by atoms with Crippen LogP contribution in [0.5, 0.6) is 0 Å². The molecular formula is C34H39N4O6P. The summed E-state index contributed by atoms with van der Waals surface area (Å²) in [6.45, 7) is 0.679. The fourth-order valence-electron chi connectivity index (χ4n) is 7.87. The zero-order valence-electron chi connectivity index (χ0n) is 25.2. The van der Waals surface area contributed by atoms with Crippen molar-refractivity contribution in [3.05, 3.63) is 77.5 Å². The van der Waals surface area contributed by atoms with Crippen molar-refractivity contribution in [2.75, 3.05) is 6.54 Å². The Balaban J connectivity index is 1.09. The summed E-state index contributed by atoms with van der Waals surface area (Å²) in [6.07, 6.45) is 7.01. The molecule has 1 spiro atoms. The number of aromatic nitrogens is 1. The average molecular weight is 631 g/mol. The maximum Gasteiger partial charge on any atom is 0.331 e. The smallest absolute Gasteiger partial charge is 0.331 e. The fourth-order valence-corrected chi connectivity index (χ4v) is 8.47. The SMILES string of the molecule is O=C(N[C@H]1CCCC[C@H]2CC[C@@H](C(=O)N3CC(c4ccccc4)CC34CC4)N2C1=O)c1ccc2ccc(CP(=O)(O)O)nc2c1. The first-order valence-electron chi connectivity index (χ1n) is 16.0. The van der Waals surface area contributed by atoms with Crippen molar-refractivity contribution in [2.24, 2.45) is 0 Å². The van der Waals surface area contributed by atoms with Crippen LogP contribution in [0.3, 0.4) is 0 Å². The van der Waals surface area contributed by atoms with E-state index < -0.39 is 31.7 Å². The number of amides is 3. The molecule has 1 saturated carbocycles. The van der Waals surface area contributed by atoms with Crippen molar-refractivity contribution < 1.29 is 28.7 Å². The Morgan fingerprint density at radius 2 is 1.73 bits per heavy atom. The molecule has 45 heavy (non-hydrogen) atoms. The third-order valence-electron chi connectivity index (χ3n) is 10.3. The summed E-state index contributed by atoms with van der Waals surface area (Å²) in [5.41, 5.74) is 2.15. The lowest BCUT2D eigenvalue weighted by molar-refractivity contribution is -0.148. The van der Waals surface area contributed by atoms with Crippen molar-refractivity contribution in [1.82, 2.24) is 20.1 Å². The number of nitrogens with one attached hydrogen (secondary N) is 1. The summed E-state index contributed by atoms with van der Waals surface area (Å²) >= 11 is 0. The van der Waals surface area contributed by atoms with E-state index in [2.05, 4.69) is 27.3 Å². The minimum Gasteiger partial charge on any atom is -0.340 e. The molecule has 7 rings (SSSR count). The van der Waals surface area contributed by atoms with E-state index in [9.17, 15) is 28.7 Å². The molecule has 3 N–H and O–H groups in total. The number of carbonyl (C=O) groups excluding carboxylic acids is 3. The molecule has 3 amide bonds. The molecule has 11 heteroatoms. The van der Waals surface area contributed by atoms with Gasteiger partial charge in [-0.1, -0.05) is 55.3 Å². The van der Waals surface area contributed by atoms with Gasteiger partial charge in [0.15, 0.2) is 0 Å². The van der Waals surface area contributed by atoms with E-state index in [0.29, 0.717) is 36.4 Å². The zero-order valence-corrected chi connectivity index (χ0v) is 26.1. The summed E-state index contributed by atoms with van der Waals surface area (Å²) < 4.78 is 11.5. The number of pyridine rings is 1. The molecule has 3 aliphatic heterocycles. The highest BCUT2D eigenvalue weighted by Crippen LogP contribution is 2.54. The summed E-state index contributed by atoms with van der Waals surface area (Å²) in [6, 6.07) is 17.4. The number of carbonyl (C=O) groups is 3. The van der Waals surface area contributed by atoms with Crippen LogP contribution in [0, 0.1) is 0 Å². The second-order valence-corrected chi connectivity index (χ2v) is 15.0. The van der Waals surface area contributed by atoms with E-state index in [-0.39, 0.29) is 29.1 Å². The first kappa shape index (κ1) is 30.1. The van der Waals surface area contributed by atoms with Gasteiger partial charge in [-0.2, -0.15) is 0 Å². The van der Waals surface area contributed by atoms with Gasteiger partial charge in [0.2, 0.25) is 11.8 Å². The first-order valence-corrected chi connectivity index (χ1v) is 17.8. The first-order chi connectivity index (χ1) is 21.6. The Kier molecular flexibility index (Phi) is 7.79. The molecule has 3 aromatic rings. The summed E-state index contributed by atoms with van der Waals surface area (Å²) in [7, 11) is -4.30. The van der Waals surface area contributed by atoms with E-state index in [0.717, 1.165) is 50.3 Å². The number of hydrogen-bond donors (Lipinski definition) is 3. The van der Waals surface area contributed by atoms with Gasteiger partial charge in [-0.3, -0.25) is 23.9 Å². The number of hydrogen-bond acceptors (Lipinski definition) is 5. The van der Waals surface area contributed by atoms with Gasteiger partial charge in [-0.05, 0) is 68.7 Å². The third kappa shape index (κ3) is 6.03. The fraction of sp³-hybridized carbons (Fsp3) is 0.471. The van der Waals surface area contributed by atoms with Crippen molar-refractivity contribution in [3.8, 4) is 0 Å². The molecule has 236 valence electrons. The van der Waals surface area contributed by atoms with E-state index in [1.165, 1.54) is 5.56 Å². The van der Waals surface area contributed by atoms with Crippen LogP contribution in [0.25, 0.3) is 10.9 Å². The molecule has 1 unspecified atom stereocenters. The molecule has 0 bridgehead atoms. The molecule has 4 heterocycles. The van der Waals surface area contributed by atoms with Crippen LogP contribution >= 0.6 is 7.60 Å². The minimum absolute atomic E-state index is 0.00820. The molecule has 1 aliphatic carbocycles. The van der Waals surface area contributed by atoms with Gasteiger partial charge in [0.05, 0.1) is 17.4 Å². The van der Waals surface area contributed by atoms with Gasteiger partial charge < -0.3 is 24.9 Å². The van der Waals surface area contributed by atoms with Gasteiger partial charge in [0, 0.05) is 35.0 Å². The van der Waals surface area contributed by atoms with Crippen LogP contribution in [0.2, 0.25) is 0 Å². The van der Waals surface area contributed by atoms with Crippen LogP contribution in [0.15, 0.2) is 60.7 Å². The van der Waals surface area contributed by atoms with Crippen LogP contribution in [-0.4, -0.2) is 72.5 Å². The van der Waals surface area contributed by atoms with Gasteiger partial charge in [-0.15, -0.1) is 0 Å². The number of rotatable bonds is 6. The number of nitrogens with zero attached hydrogens (tertiary/aromatic N) is 3. The molecule has 0 radical (unpaired) electrons. The van der Waals surface area contributed by atoms with Crippen LogP contribution in [-0.2, 0) is 20.3 Å². The molecule has 4 aliphatic rings. The predicted octanol–water partition coefficient (Wildman–Crippen LogP) is 4.49. The normalized spacial score (nSPS) is 26.0. The van der Waals surface area contributed by atoms with Crippen molar-refractivity contribution in [1.29, 1.82) is 0 Å². The Morgan fingerprint density at radius 1 is 0.978 bits per heavy atom. The molecule has 4 fully saturated rings. The van der Waals surface area contributed by atoms with Crippen LogP contribution in [0.1, 0.15) is 85.3 Å². The standard InChI is InChI=1S/C34H39N4O6P/c39-31(24-11-10-23-12-13-26(21-45(42,43)44)35-29(23)18-24)36-28-9-5-4-8-27-14-15-30(38(27)32(28)40)33(41)37-20-25(19-34(37)16-17-34)22-6-2-1-3-7-22/h1-3,6-7,10-13,18,25,27-28,30H,4-5,8-9,14-17,19-21H2,(H,36,39)(H2,42,43,44)/t25?,27-,28-,30-/m0/s1. The Labute approximate surface area is 262 Å². The van der Waals surface area contributed by atoms with Gasteiger partial charge >= 0.3 is 7.60 Å². The highest BCUT2D eigenvalue weighted by molar-refractivity contribution is 7.50. The predicted molar refractivity (Wildman–Crippen MR) is 168 cm³/mol. The van der Waals surface area contributed by atoms with Gasteiger partial charge in [0.1, 0.15) is 12.1 Å². The minimum atomic E-state index is -4.30. The number of fused-ring (bicyclic) bond motifs is 2. The molecule has 10 nitrogen and oxygen atoms in total. The van der Waals surface area contributed by atoms with Crippen molar-refractivity contribution in [3.63, 3.8) is 0 Å². The maximum absolute atomic E-state index is 14.3. The summed E-state index contributed by atoms with van der Waals surface area (Å²) in [5.74, 6) is -0.248. The lowest BCUT2D eigenvalue weighted by Crippen LogP contribution is -2.57. The average Bonchev–Trinajstić information content (AvgIpc) is 3.50.